The average molecular weight is 564 g/mol. The Balaban J connectivity index is 2.98. The van der Waals surface area contributed by atoms with E-state index < -0.39 is 36.2 Å². The van der Waals surface area contributed by atoms with E-state index in [1.54, 1.807) is 52.8 Å². The minimum Gasteiger partial charge on any atom is -0.459 e. The molecule has 0 saturated heterocycles. The highest BCUT2D eigenvalue weighted by molar-refractivity contribution is 5.79. The van der Waals surface area contributed by atoms with Gasteiger partial charge in [-0.25, -0.2) is 0 Å². The van der Waals surface area contributed by atoms with E-state index in [9.17, 15) is 19.2 Å². The molecule has 2 N–H and O–H groups in total. The Kier molecular flexibility index (Phi) is 15.5. The van der Waals surface area contributed by atoms with Crippen LogP contribution in [0.25, 0.3) is 0 Å². The monoisotopic (exact) mass is 563 g/mol. The molecule has 0 spiro atoms. The second kappa shape index (κ2) is 17.7. The van der Waals surface area contributed by atoms with Gasteiger partial charge in [0, 0.05) is 0 Å². The van der Waals surface area contributed by atoms with E-state index in [1.165, 1.54) is 0 Å². The zero-order valence-corrected chi connectivity index (χ0v) is 25.5. The molecule has 1 aromatic rings. The molecule has 1 rings (SSSR count). The van der Waals surface area contributed by atoms with Crippen LogP contribution in [0.3, 0.4) is 0 Å². The fourth-order valence-electron chi connectivity index (χ4n) is 4.01. The quantitative estimate of drug-likeness (QED) is 0.192. The molecule has 6 atom stereocenters. The van der Waals surface area contributed by atoms with Crippen LogP contribution in [-0.4, -0.2) is 42.1 Å². The van der Waals surface area contributed by atoms with Crippen LogP contribution in [0.1, 0.15) is 99.5 Å². The van der Waals surface area contributed by atoms with E-state index in [2.05, 4.69) is 0 Å². The van der Waals surface area contributed by atoms with E-state index in [1.807, 2.05) is 20.8 Å². The first-order valence-electron chi connectivity index (χ1n) is 14.6. The van der Waals surface area contributed by atoms with Crippen molar-refractivity contribution in [3.63, 3.8) is 0 Å². The van der Waals surface area contributed by atoms with E-state index in [-0.39, 0.29) is 41.6 Å². The van der Waals surface area contributed by atoms with Crippen molar-refractivity contribution in [1.29, 1.82) is 0 Å². The highest BCUT2D eigenvalue weighted by Crippen LogP contribution is 2.31. The summed E-state index contributed by atoms with van der Waals surface area (Å²) in [5.41, 5.74) is 6.74. The van der Waals surface area contributed by atoms with Crippen molar-refractivity contribution >= 4 is 23.9 Å². The Bertz CT molecular complexity index is 978. The Morgan fingerprint density at radius 2 is 1.07 bits per heavy atom. The summed E-state index contributed by atoms with van der Waals surface area (Å²) in [7, 11) is 0. The van der Waals surface area contributed by atoms with Gasteiger partial charge in [0.1, 0.15) is 18.2 Å². The summed E-state index contributed by atoms with van der Waals surface area (Å²) in [4.78, 5) is 50.1. The fraction of sp³-hybridized carbons (Fsp3) is 0.677. The molecular formula is C31H49NO8. The first-order valence-corrected chi connectivity index (χ1v) is 14.6. The lowest BCUT2D eigenvalue weighted by molar-refractivity contribution is -0.168. The third kappa shape index (κ3) is 11.7. The Morgan fingerprint density at radius 1 is 0.650 bits per heavy atom. The second-order valence-corrected chi connectivity index (χ2v) is 10.8. The van der Waals surface area contributed by atoms with Crippen molar-refractivity contribution in [3.8, 4) is 11.5 Å². The van der Waals surface area contributed by atoms with Crippen molar-refractivity contribution in [2.75, 3.05) is 0 Å². The first kappa shape index (κ1) is 35.1. The highest BCUT2D eigenvalue weighted by atomic mass is 16.6. The van der Waals surface area contributed by atoms with Crippen LogP contribution in [0, 0.1) is 17.8 Å². The van der Waals surface area contributed by atoms with Gasteiger partial charge in [0.05, 0.1) is 17.8 Å². The van der Waals surface area contributed by atoms with Gasteiger partial charge in [-0.3, -0.25) is 19.2 Å². The standard InChI is InChI=1S/C31H49NO8/c1-9-12-19(4)28(33)37-22(7)23(8)38-31(36)25(32)17-24-15-16-26(39-29(34)20(5)13-10-2)27(18-24)40-30(35)21(6)14-11-3/h15-16,18-23,25H,9-14,17,32H2,1-8H3/t19?,20?,21?,22-,23-,25-/m0/s1. The van der Waals surface area contributed by atoms with Gasteiger partial charge in [-0.05, 0) is 57.2 Å². The van der Waals surface area contributed by atoms with Gasteiger partial charge in [0.25, 0.3) is 0 Å². The molecule has 0 aliphatic heterocycles. The number of benzene rings is 1. The molecule has 0 aliphatic carbocycles. The van der Waals surface area contributed by atoms with Crippen molar-refractivity contribution in [1.82, 2.24) is 0 Å². The summed E-state index contributed by atoms with van der Waals surface area (Å²) < 4.78 is 22.1. The average Bonchev–Trinajstić information content (AvgIpc) is 2.90. The Morgan fingerprint density at radius 3 is 1.55 bits per heavy atom. The third-order valence-corrected chi connectivity index (χ3v) is 6.82. The van der Waals surface area contributed by atoms with Gasteiger partial charge in [-0.2, -0.15) is 0 Å². The molecule has 3 unspecified atom stereocenters. The molecule has 0 heterocycles. The first-order chi connectivity index (χ1) is 18.8. The molecule has 0 aliphatic rings. The molecule has 0 saturated carbocycles. The minimum atomic E-state index is -1.02. The predicted octanol–water partition coefficient (Wildman–Crippen LogP) is 5.54. The predicted molar refractivity (Wildman–Crippen MR) is 153 cm³/mol. The minimum absolute atomic E-state index is 0.0861. The lowest BCUT2D eigenvalue weighted by Crippen LogP contribution is -2.40. The van der Waals surface area contributed by atoms with Gasteiger partial charge >= 0.3 is 23.9 Å². The van der Waals surface area contributed by atoms with Crippen LogP contribution < -0.4 is 15.2 Å². The summed E-state index contributed by atoms with van der Waals surface area (Å²) in [6.07, 6.45) is 3.31. The Hall–Kier alpha value is -2.94. The number of esters is 4. The third-order valence-electron chi connectivity index (χ3n) is 6.82. The number of carbonyl (C=O) groups excluding carboxylic acids is 4. The van der Waals surface area contributed by atoms with Gasteiger partial charge < -0.3 is 24.7 Å². The molecule has 9 nitrogen and oxygen atoms in total. The van der Waals surface area contributed by atoms with Crippen LogP contribution in [0.2, 0.25) is 0 Å². The molecule has 226 valence electrons. The van der Waals surface area contributed by atoms with Crippen LogP contribution in [-0.2, 0) is 35.1 Å². The molecule has 0 aromatic heterocycles. The summed E-state index contributed by atoms with van der Waals surface area (Å²) >= 11 is 0. The smallest absolute Gasteiger partial charge is 0.323 e. The molecule has 0 fully saturated rings. The zero-order valence-electron chi connectivity index (χ0n) is 25.5. The van der Waals surface area contributed by atoms with Crippen molar-refractivity contribution in [2.45, 2.75) is 119 Å². The zero-order chi connectivity index (χ0) is 30.4. The molecule has 0 bridgehead atoms. The summed E-state index contributed by atoms with van der Waals surface area (Å²) in [6.45, 7) is 14.6. The maximum Gasteiger partial charge on any atom is 0.323 e. The number of carbonyl (C=O) groups is 4. The van der Waals surface area contributed by atoms with Gasteiger partial charge in [0.15, 0.2) is 11.5 Å². The number of ether oxygens (including phenoxy) is 4. The molecule has 40 heavy (non-hydrogen) atoms. The topological polar surface area (TPSA) is 131 Å². The van der Waals surface area contributed by atoms with Crippen LogP contribution in [0.15, 0.2) is 18.2 Å². The van der Waals surface area contributed by atoms with Crippen molar-refractivity contribution in [2.24, 2.45) is 23.5 Å². The SMILES string of the molecule is CCCC(C)C(=O)Oc1ccc(C[C@H](N)C(=O)O[C@@H](C)[C@H](C)OC(=O)C(C)CCC)cc1OC(=O)C(C)CCC. The van der Waals surface area contributed by atoms with Crippen molar-refractivity contribution in [3.05, 3.63) is 23.8 Å². The maximum atomic E-state index is 12.7. The number of hydrogen-bond acceptors (Lipinski definition) is 9. The summed E-state index contributed by atoms with van der Waals surface area (Å²) in [6, 6.07) is 3.74. The van der Waals surface area contributed by atoms with E-state index in [4.69, 9.17) is 24.7 Å². The van der Waals surface area contributed by atoms with Crippen molar-refractivity contribution < 1.29 is 38.1 Å². The van der Waals surface area contributed by atoms with Crippen LogP contribution >= 0.6 is 0 Å². The lowest BCUT2D eigenvalue weighted by Gasteiger charge is -2.23. The second-order valence-electron chi connectivity index (χ2n) is 10.8. The maximum absolute atomic E-state index is 12.7. The van der Waals surface area contributed by atoms with Crippen LogP contribution in [0.5, 0.6) is 11.5 Å². The van der Waals surface area contributed by atoms with E-state index >= 15 is 0 Å². The summed E-state index contributed by atoms with van der Waals surface area (Å²) in [5, 5.41) is 0. The van der Waals surface area contributed by atoms with Crippen LogP contribution in [0.4, 0.5) is 0 Å². The van der Waals surface area contributed by atoms with Gasteiger partial charge in [-0.15, -0.1) is 0 Å². The number of rotatable bonds is 17. The number of hydrogen-bond donors (Lipinski definition) is 1. The Labute approximate surface area is 239 Å². The fourth-order valence-corrected chi connectivity index (χ4v) is 4.01. The molecule has 9 heteroatoms. The highest BCUT2D eigenvalue weighted by Gasteiger charge is 2.27. The molecule has 1 aromatic carbocycles. The normalized spacial score (nSPS) is 15.6. The molecular weight excluding hydrogens is 514 g/mol. The molecule has 0 amide bonds. The lowest BCUT2D eigenvalue weighted by atomic mass is 10.0. The number of nitrogens with two attached hydrogens (primary N) is 1. The van der Waals surface area contributed by atoms with Gasteiger partial charge in [-0.1, -0.05) is 66.9 Å². The van der Waals surface area contributed by atoms with E-state index in [0.29, 0.717) is 18.4 Å². The molecule has 0 radical (unpaired) electrons. The summed E-state index contributed by atoms with van der Waals surface area (Å²) in [5.74, 6) is -2.50. The van der Waals surface area contributed by atoms with Gasteiger partial charge in [0.2, 0.25) is 0 Å². The largest absolute Gasteiger partial charge is 0.459 e. The van der Waals surface area contributed by atoms with E-state index in [0.717, 1.165) is 25.7 Å².